The number of para-hydroxylation sites is 1. The summed E-state index contributed by atoms with van der Waals surface area (Å²) in [6.07, 6.45) is 10.8. The van der Waals surface area contributed by atoms with Gasteiger partial charge in [0.05, 0.1) is 12.6 Å². The molecular weight excluding hydrogens is 424 g/mol. The average Bonchev–Trinajstić information content (AvgIpc) is 3.20. The van der Waals surface area contributed by atoms with E-state index in [1.54, 1.807) is 7.11 Å². The van der Waals surface area contributed by atoms with Gasteiger partial charge in [0.15, 0.2) is 0 Å². The van der Waals surface area contributed by atoms with Crippen LogP contribution in [-0.4, -0.2) is 25.0 Å². The molecule has 0 saturated heterocycles. The number of nitrogens with one attached hydrogen (secondary N) is 2. The molecule has 4 aliphatic rings. The second kappa shape index (κ2) is 8.13. The van der Waals surface area contributed by atoms with Crippen LogP contribution in [0.1, 0.15) is 78.2 Å². The molecule has 3 fully saturated rings. The highest BCUT2D eigenvalue weighted by molar-refractivity contribution is 6.19. The van der Waals surface area contributed by atoms with E-state index in [2.05, 4.69) is 30.6 Å². The van der Waals surface area contributed by atoms with Gasteiger partial charge in [0.25, 0.3) is 11.8 Å². The Bertz CT molecular complexity index is 1030. The highest BCUT2D eigenvalue weighted by Crippen LogP contribution is 2.63. The predicted molar refractivity (Wildman–Crippen MR) is 133 cm³/mol. The van der Waals surface area contributed by atoms with E-state index in [1.807, 2.05) is 38.1 Å². The van der Waals surface area contributed by atoms with Crippen molar-refractivity contribution in [3.05, 3.63) is 41.5 Å². The van der Waals surface area contributed by atoms with Crippen molar-refractivity contribution in [3.8, 4) is 5.75 Å². The molecule has 0 bridgehead atoms. The standard InChI is InChI=1S/C29H40N2O3/c1-27(2,22-9-6-7-11-23(22)34-5)31-26(33)19-17-29(4)21-14-16-28(3)15-8-10-20(28)18(21)12-13-24(29)30-25(19)32/h6-7,9,11,17-18,20-21,24H,8,10,12-16H2,1-5H3,(H,30,32)(H,31,33)/t18-,20-,21+,24?,28-,29+/m0/s1. The van der Waals surface area contributed by atoms with Gasteiger partial charge >= 0.3 is 0 Å². The fourth-order valence-corrected chi connectivity index (χ4v) is 8.18. The molecule has 0 spiro atoms. The number of fused-ring (bicyclic) bond motifs is 5. The quantitative estimate of drug-likeness (QED) is 0.609. The molecule has 5 heteroatoms. The number of rotatable bonds is 4. The molecule has 5 nitrogen and oxygen atoms in total. The average molecular weight is 465 g/mol. The molecule has 0 aromatic heterocycles. The Labute approximate surface area is 204 Å². The van der Waals surface area contributed by atoms with Gasteiger partial charge in [0.1, 0.15) is 11.3 Å². The molecule has 3 aliphatic carbocycles. The maximum Gasteiger partial charge on any atom is 0.257 e. The van der Waals surface area contributed by atoms with Crippen molar-refractivity contribution in [1.82, 2.24) is 10.6 Å². The summed E-state index contributed by atoms with van der Waals surface area (Å²) in [6.45, 7) is 8.71. The molecule has 1 aliphatic heterocycles. The van der Waals surface area contributed by atoms with E-state index in [4.69, 9.17) is 4.74 Å². The summed E-state index contributed by atoms with van der Waals surface area (Å²) in [5.74, 6) is 2.18. The van der Waals surface area contributed by atoms with E-state index >= 15 is 0 Å². The molecule has 6 atom stereocenters. The Morgan fingerprint density at radius 1 is 1.09 bits per heavy atom. The third kappa shape index (κ3) is 3.58. The molecule has 34 heavy (non-hydrogen) atoms. The number of methoxy groups -OCH3 is 1. The maximum absolute atomic E-state index is 13.5. The van der Waals surface area contributed by atoms with Crippen LogP contribution in [0.25, 0.3) is 0 Å². The van der Waals surface area contributed by atoms with Crippen LogP contribution in [0.15, 0.2) is 35.9 Å². The van der Waals surface area contributed by atoms with Crippen molar-refractivity contribution in [2.24, 2.45) is 28.6 Å². The minimum Gasteiger partial charge on any atom is -0.496 e. The van der Waals surface area contributed by atoms with Crippen molar-refractivity contribution in [1.29, 1.82) is 0 Å². The van der Waals surface area contributed by atoms with E-state index in [0.29, 0.717) is 17.3 Å². The number of carbonyl (C=O) groups is 2. The molecule has 0 radical (unpaired) electrons. The maximum atomic E-state index is 13.5. The Balaban J connectivity index is 1.44. The monoisotopic (exact) mass is 464 g/mol. The van der Waals surface area contributed by atoms with Gasteiger partial charge in [-0.15, -0.1) is 0 Å². The molecule has 5 rings (SSSR count). The van der Waals surface area contributed by atoms with Crippen molar-refractivity contribution in [2.75, 3.05) is 7.11 Å². The number of amides is 2. The van der Waals surface area contributed by atoms with E-state index in [1.165, 1.54) is 38.5 Å². The van der Waals surface area contributed by atoms with Crippen LogP contribution in [0, 0.1) is 28.6 Å². The number of ether oxygens (including phenoxy) is 1. The van der Waals surface area contributed by atoms with E-state index in [9.17, 15) is 9.59 Å². The van der Waals surface area contributed by atoms with Gasteiger partial charge < -0.3 is 15.4 Å². The van der Waals surface area contributed by atoms with Crippen molar-refractivity contribution in [3.63, 3.8) is 0 Å². The highest BCUT2D eigenvalue weighted by atomic mass is 16.5. The van der Waals surface area contributed by atoms with E-state index in [-0.39, 0.29) is 28.8 Å². The molecular formula is C29H40N2O3. The van der Waals surface area contributed by atoms with Crippen LogP contribution in [-0.2, 0) is 15.1 Å². The SMILES string of the molecule is COc1ccccc1C(C)(C)NC(=O)C1=C[C@@]2(C)C(CC[C@@H]3[C@H]2CC[C@]2(C)CCC[C@@H]32)NC1=O. The lowest BCUT2D eigenvalue weighted by Gasteiger charge is -2.58. The number of carbonyl (C=O) groups excluding carboxylic acids is 2. The summed E-state index contributed by atoms with van der Waals surface area (Å²) in [5, 5.41) is 6.37. The lowest BCUT2D eigenvalue weighted by Crippen LogP contribution is -2.61. The summed E-state index contributed by atoms with van der Waals surface area (Å²) in [4.78, 5) is 26.6. The molecule has 2 amide bonds. The largest absolute Gasteiger partial charge is 0.496 e. The Hall–Kier alpha value is -2.30. The second-order valence-corrected chi connectivity index (χ2v) is 12.3. The van der Waals surface area contributed by atoms with Gasteiger partial charge in [-0.1, -0.05) is 44.5 Å². The summed E-state index contributed by atoms with van der Waals surface area (Å²) >= 11 is 0. The second-order valence-electron chi connectivity index (χ2n) is 12.3. The van der Waals surface area contributed by atoms with Crippen LogP contribution in [0.4, 0.5) is 0 Å². The molecule has 1 unspecified atom stereocenters. The number of benzene rings is 1. The zero-order valence-corrected chi connectivity index (χ0v) is 21.4. The van der Waals surface area contributed by atoms with Crippen LogP contribution in [0.3, 0.4) is 0 Å². The molecule has 1 aromatic carbocycles. The predicted octanol–water partition coefficient (Wildman–Crippen LogP) is 5.10. The topological polar surface area (TPSA) is 67.4 Å². The number of hydrogen-bond donors (Lipinski definition) is 2. The summed E-state index contributed by atoms with van der Waals surface area (Å²) < 4.78 is 5.52. The summed E-state index contributed by atoms with van der Waals surface area (Å²) in [6, 6.07) is 7.82. The first-order chi connectivity index (χ1) is 16.1. The smallest absolute Gasteiger partial charge is 0.257 e. The lowest BCUT2D eigenvalue weighted by molar-refractivity contribution is -0.128. The van der Waals surface area contributed by atoms with Crippen LogP contribution in [0.5, 0.6) is 5.75 Å². The summed E-state index contributed by atoms with van der Waals surface area (Å²) in [5.41, 5.74) is 0.778. The highest BCUT2D eigenvalue weighted by Gasteiger charge is 2.58. The Morgan fingerprint density at radius 2 is 1.85 bits per heavy atom. The Morgan fingerprint density at radius 3 is 2.62 bits per heavy atom. The normalized spacial score (nSPS) is 37.0. The van der Waals surface area contributed by atoms with Gasteiger partial charge in [-0.3, -0.25) is 9.59 Å². The Kier molecular flexibility index (Phi) is 5.61. The van der Waals surface area contributed by atoms with Crippen molar-refractivity contribution in [2.45, 2.75) is 84.2 Å². The van der Waals surface area contributed by atoms with E-state index < -0.39 is 5.54 Å². The fourth-order valence-electron chi connectivity index (χ4n) is 8.18. The minimum atomic E-state index is -0.686. The van der Waals surface area contributed by atoms with Gasteiger partial charge in [-0.05, 0) is 81.6 Å². The van der Waals surface area contributed by atoms with Crippen molar-refractivity contribution >= 4 is 11.8 Å². The van der Waals surface area contributed by atoms with Crippen molar-refractivity contribution < 1.29 is 14.3 Å². The third-order valence-electron chi connectivity index (χ3n) is 10.0. The zero-order chi connectivity index (χ0) is 24.3. The van der Waals surface area contributed by atoms with Crippen LogP contribution < -0.4 is 15.4 Å². The van der Waals surface area contributed by atoms with Gasteiger partial charge in [0, 0.05) is 17.0 Å². The molecule has 3 saturated carbocycles. The van der Waals surface area contributed by atoms with Crippen LogP contribution in [0.2, 0.25) is 0 Å². The number of hydrogen-bond acceptors (Lipinski definition) is 3. The fraction of sp³-hybridized carbons (Fsp3) is 0.655. The minimum absolute atomic E-state index is 0.116. The first-order valence-corrected chi connectivity index (χ1v) is 13.1. The molecule has 2 N–H and O–H groups in total. The lowest BCUT2D eigenvalue weighted by atomic mass is 9.48. The molecule has 1 aromatic rings. The molecule has 184 valence electrons. The molecule has 1 heterocycles. The third-order valence-corrected chi connectivity index (χ3v) is 10.0. The van der Waals surface area contributed by atoms with Gasteiger partial charge in [0.2, 0.25) is 0 Å². The first kappa shape index (κ1) is 23.4. The van der Waals surface area contributed by atoms with E-state index in [0.717, 1.165) is 23.7 Å². The zero-order valence-electron chi connectivity index (χ0n) is 21.4. The van der Waals surface area contributed by atoms with Crippen LogP contribution >= 0.6 is 0 Å². The summed E-state index contributed by atoms with van der Waals surface area (Å²) in [7, 11) is 1.63. The van der Waals surface area contributed by atoms with Gasteiger partial charge in [-0.25, -0.2) is 0 Å². The van der Waals surface area contributed by atoms with Gasteiger partial charge in [-0.2, -0.15) is 0 Å². The first-order valence-electron chi connectivity index (χ1n) is 13.1.